The highest BCUT2D eigenvalue weighted by molar-refractivity contribution is 6.03. The maximum Gasteiger partial charge on any atom is 0.277 e. The number of aromatic nitrogens is 3. The van der Waals surface area contributed by atoms with Crippen molar-refractivity contribution < 1.29 is 14.3 Å². The third-order valence-corrected chi connectivity index (χ3v) is 6.53. The van der Waals surface area contributed by atoms with E-state index in [4.69, 9.17) is 9.47 Å². The Hall–Kier alpha value is -2.69. The van der Waals surface area contributed by atoms with Gasteiger partial charge < -0.3 is 14.8 Å². The van der Waals surface area contributed by atoms with Crippen LogP contribution in [-0.4, -0.2) is 40.4 Å². The van der Waals surface area contributed by atoms with E-state index in [0.717, 1.165) is 37.3 Å². The average Bonchev–Trinajstić information content (AvgIpc) is 3.66. The summed E-state index contributed by atoms with van der Waals surface area (Å²) in [5.74, 6) is 7.34. The molecule has 160 valence electrons. The van der Waals surface area contributed by atoms with Gasteiger partial charge in [0.25, 0.3) is 5.91 Å². The Balaban J connectivity index is 1.13. The molecule has 7 heteroatoms. The van der Waals surface area contributed by atoms with Crippen molar-refractivity contribution in [3.05, 3.63) is 41.2 Å². The molecule has 1 aromatic carbocycles. The third-order valence-electron chi connectivity index (χ3n) is 6.53. The van der Waals surface area contributed by atoms with Crippen LogP contribution in [0.4, 0.5) is 5.69 Å². The number of nitrogens with one attached hydrogen (secondary N) is 1. The van der Waals surface area contributed by atoms with E-state index in [0.29, 0.717) is 18.4 Å². The minimum atomic E-state index is -0.341. The van der Waals surface area contributed by atoms with Crippen molar-refractivity contribution in [2.75, 3.05) is 18.5 Å². The zero-order valence-corrected chi connectivity index (χ0v) is 17.5. The molecule has 1 amide bonds. The lowest BCUT2D eigenvalue weighted by molar-refractivity contribution is -0.213. The van der Waals surface area contributed by atoms with Crippen molar-refractivity contribution in [2.24, 2.45) is 11.3 Å². The number of carbonyl (C=O) groups is 1. The summed E-state index contributed by atoms with van der Waals surface area (Å²) in [5, 5.41) is 11.2. The van der Waals surface area contributed by atoms with Crippen LogP contribution in [0.5, 0.6) is 0 Å². The lowest BCUT2D eigenvalue weighted by Crippen LogP contribution is -2.36. The molecule has 1 saturated heterocycles. The molecule has 4 aliphatic rings. The van der Waals surface area contributed by atoms with Crippen LogP contribution in [-0.2, 0) is 16.0 Å². The van der Waals surface area contributed by atoms with Crippen molar-refractivity contribution >= 4 is 11.6 Å². The van der Waals surface area contributed by atoms with E-state index in [1.54, 1.807) is 10.9 Å². The highest BCUT2D eigenvalue weighted by Crippen LogP contribution is 2.48. The number of nitrogens with zero attached hydrogens (tertiary/aromatic N) is 3. The normalized spacial score (nSPS) is 22.1. The van der Waals surface area contributed by atoms with Gasteiger partial charge in [-0.3, -0.25) is 4.79 Å². The second-order valence-electron chi connectivity index (χ2n) is 9.45. The summed E-state index contributed by atoms with van der Waals surface area (Å²) in [4.78, 5) is 12.9. The summed E-state index contributed by atoms with van der Waals surface area (Å²) in [5.41, 5.74) is 3.50. The van der Waals surface area contributed by atoms with Gasteiger partial charge in [-0.25, -0.2) is 4.68 Å². The summed E-state index contributed by atoms with van der Waals surface area (Å²) < 4.78 is 13.2. The summed E-state index contributed by atoms with van der Waals surface area (Å²) in [6, 6.07) is 6.15. The Kier molecular flexibility index (Phi) is 4.58. The number of carbonyl (C=O) groups excluding carboxylic acids is 1. The molecule has 1 spiro atoms. The molecule has 6 rings (SSSR count). The quantitative estimate of drug-likeness (QED) is 0.754. The minimum Gasteiger partial charge on any atom is -0.350 e. The molecule has 3 saturated carbocycles. The van der Waals surface area contributed by atoms with Crippen LogP contribution in [0.3, 0.4) is 0 Å². The van der Waals surface area contributed by atoms with Crippen LogP contribution in [0.1, 0.15) is 66.1 Å². The molecular weight excluding hydrogens is 392 g/mol. The van der Waals surface area contributed by atoms with Crippen molar-refractivity contribution in [3.63, 3.8) is 0 Å². The third kappa shape index (κ3) is 4.36. The molecule has 31 heavy (non-hydrogen) atoms. The first-order chi connectivity index (χ1) is 15.2. The molecule has 2 aromatic rings. The second-order valence-corrected chi connectivity index (χ2v) is 9.45. The van der Waals surface area contributed by atoms with Crippen LogP contribution in [0.2, 0.25) is 0 Å². The van der Waals surface area contributed by atoms with Crippen molar-refractivity contribution in [3.8, 4) is 11.8 Å². The number of ether oxygens (including phenoxy) is 2. The summed E-state index contributed by atoms with van der Waals surface area (Å²) in [6.45, 7) is 1.91. The van der Waals surface area contributed by atoms with Gasteiger partial charge in [-0.05, 0) is 62.1 Å². The van der Waals surface area contributed by atoms with E-state index < -0.39 is 0 Å². The molecule has 1 N–H and O–H groups in total. The smallest absolute Gasteiger partial charge is 0.277 e. The predicted octanol–water partition coefficient (Wildman–Crippen LogP) is 3.32. The van der Waals surface area contributed by atoms with Crippen LogP contribution in [0.15, 0.2) is 24.4 Å². The number of hydrogen-bond acceptors (Lipinski definition) is 5. The van der Waals surface area contributed by atoms with Crippen molar-refractivity contribution in [1.82, 2.24) is 15.0 Å². The molecule has 4 fully saturated rings. The fourth-order valence-electron chi connectivity index (χ4n) is 3.94. The molecule has 7 nitrogen and oxygen atoms in total. The number of anilines is 1. The van der Waals surface area contributed by atoms with E-state index in [9.17, 15) is 4.79 Å². The highest BCUT2D eigenvalue weighted by Gasteiger charge is 2.47. The van der Waals surface area contributed by atoms with Crippen LogP contribution >= 0.6 is 0 Å². The lowest BCUT2D eigenvalue weighted by Gasteiger charge is -2.29. The Morgan fingerprint density at radius 2 is 2.00 bits per heavy atom. The summed E-state index contributed by atoms with van der Waals surface area (Å²) in [7, 11) is 0. The van der Waals surface area contributed by atoms with Gasteiger partial charge in [-0.2, -0.15) is 0 Å². The Labute approximate surface area is 181 Å². The Morgan fingerprint density at radius 1 is 1.19 bits per heavy atom. The Morgan fingerprint density at radius 3 is 2.71 bits per heavy atom. The Bertz CT molecular complexity index is 1060. The highest BCUT2D eigenvalue weighted by atomic mass is 16.7. The van der Waals surface area contributed by atoms with Gasteiger partial charge in [0, 0.05) is 22.6 Å². The zero-order chi connectivity index (χ0) is 20.8. The molecule has 0 unspecified atom stereocenters. The standard InChI is InChI=1S/C24H26N4O3/c29-23(21-12-28(27-26-21)13-22-30-14-24(9-10-24)15-31-22)25-20-11-17(4-3-16-1-2-16)5-8-19(20)18-6-7-18/h5,8,11-12,16,18,22H,1-2,6-7,9-10,13-15H2,(H,25,29). The number of rotatable bonds is 5. The van der Waals surface area contributed by atoms with Crippen LogP contribution in [0, 0.1) is 23.2 Å². The molecule has 1 aromatic heterocycles. The van der Waals surface area contributed by atoms with E-state index in [-0.39, 0.29) is 23.3 Å². The SMILES string of the molecule is O=C(Nc1cc(C#CC2CC2)ccc1C1CC1)c1cn(CC2OCC3(CC3)CO2)nn1. The molecule has 0 radical (unpaired) electrons. The van der Waals surface area contributed by atoms with E-state index in [1.165, 1.54) is 31.2 Å². The van der Waals surface area contributed by atoms with Gasteiger partial charge in [0.2, 0.25) is 0 Å². The van der Waals surface area contributed by atoms with Gasteiger partial charge in [-0.15, -0.1) is 5.10 Å². The largest absolute Gasteiger partial charge is 0.350 e. The van der Waals surface area contributed by atoms with Gasteiger partial charge >= 0.3 is 0 Å². The van der Waals surface area contributed by atoms with E-state index in [2.05, 4.69) is 39.6 Å². The summed E-state index contributed by atoms with van der Waals surface area (Å²) >= 11 is 0. The van der Waals surface area contributed by atoms with Crippen LogP contribution < -0.4 is 5.32 Å². The van der Waals surface area contributed by atoms with E-state index in [1.807, 2.05) is 6.07 Å². The van der Waals surface area contributed by atoms with Crippen LogP contribution in [0.25, 0.3) is 0 Å². The minimum absolute atomic E-state index is 0.261. The van der Waals surface area contributed by atoms with Gasteiger partial charge in [-0.1, -0.05) is 23.1 Å². The maximum atomic E-state index is 12.9. The second kappa shape index (κ2) is 7.47. The fraction of sp³-hybridized carbons (Fsp3) is 0.542. The number of amides is 1. The topological polar surface area (TPSA) is 78.3 Å². The molecule has 3 aliphatic carbocycles. The summed E-state index contributed by atoms with van der Waals surface area (Å²) in [6.07, 6.45) is 8.40. The van der Waals surface area contributed by atoms with Crippen molar-refractivity contribution in [2.45, 2.75) is 57.3 Å². The zero-order valence-electron chi connectivity index (χ0n) is 17.5. The maximum absolute atomic E-state index is 12.9. The predicted molar refractivity (Wildman–Crippen MR) is 113 cm³/mol. The first-order valence-corrected chi connectivity index (χ1v) is 11.3. The molecule has 0 bridgehead atoms. The van der Waals surface area contributed by atoms with E-state index >= 15 is 0 Å². The monoisotopic (exact) mass is 418 g/mol. The van der Waals surface area contributed by atoms with Crippen molar-refractivity contribution in [1.29, 1.82) is 0 Å². The molecule has 0 atom stereocenters. The molecule has 1 aliphatic heterocycles. The first-order valence-electron chi connectivity index (χ1n) is 11.3. The molecule has 2 heterocycles. The van der Waals surface area contributed by atoms with Gasteiger partial charge in [0.1, 0.15) is 0 Å². The van der Waals surface area contributed by atoms with Gasteiger partial charge in [0.05, 0.1) is 26.0 Å². The first kappa shape index (κ1) is 19.0. The lowest BCUT2D eigenvalue weighted by atomic mass is 10.0. The number of hydrogen-bond donors (Lipinski definition) is 1. The van der Waals surface area contributed by atoms with Gasteiger partial charge in [0.15, 0.2) is 12.0 Å². The fourth-order valence-corrected chi connectivity index (χ4v) is 3.94. The average molecular weight is 418 g/mol. The molecular formula is C24H26N4O3. The number of benzene rings is 1.